The number of phosphoric ester groups is 1. The third-order valence-electron chi connectivity index (χ3n) is 5.15. The molecule has 0 bridgehead atoms. The third kappa shape index (κ3) is 44.6. The van der Waals surface area contributed by atoms with Gasteiger partial charge in [0.2, 0.25) is 0 Å². The number of aliphatic hydroxyl groups is 1. The topological polar surface area (TPSA) is 145 Å². The quantitative estimate of drug-likeness (QED) is 0.0418. The molecule has 42 heavy (non-hydrogen) atoms. The van der Waals surface area contributed by atoms with Crippen molar-refractivity contribution in [2.24, 2.45) is 0 Å². The summed E-state index contributed by atoms with van der Waals surface area (Å²) < 4.78 is 24.4. The predicted octanol–water partition coefficient (Wildman–Crippen LogP) is -0.809. The molecular weight excluding hydrogens is 601 g/mol. The Hall–Kier alpha value is 0.200. The number of carbonyl (C=O) groups excluding carboxylic acids is 2. The third-order valence-corrected chi connectivity index (χ3v) is 6.11. The van der Waals surface area contributed by atoms with Gasteiger partial charge in [-0.15, -0.1) is 0 Å². The second-order valence-electron chi connectivity index (χ2n) is 8.79. The molecule has 13 heteroatoms. The second kappa shape index (κ2) is 37.4. The van der Waals surface area contributed by atoms with Gasteiger partial charge in [0.05, 0.1) is 21.0 Å². The van der Waals surface area contributed by atoms with E-state index in [0.717, 1.165) is 31.0 Å². The molecule has 0 saturated heterocycles. The molecule has 0 amide bonds. The zero-order chi connectivity index (χ0) is 30.3. The Morgan fingerprint density at radius 3 is 1.81 bits per heavy atom. The van der Waals surface area contributed by atoms with Crippen molar-refractivity contribution < 1.29 is 106 Å². The molecular formula is C29H51Na2O9PS. The largest absolute Gasteiger partial charge is 1.00 e. The molecule has 0 aromatic rings. The molecule has 0 aliphatic heterocycles. The van der Waals surface area contributed by atoms with Gasteiger partial charge >= 0.3 is 65.1 Å². The first-order valence-electron chi connectivity index (χ1n) is 13.8. The van der Waals surface area contributed by atoms with E-state index >= 15 is 0 Å². The van der Waals surface area contributed by atoms with Gasteiger partial charge in [-0.2, -0.15) is 0 Å². The number of ether oxygens (including phenoxy) is 2. The molecule has 0 aliphatic carbocycles. The average Bonchev–Trinajstić information content (AvgIpc) is 2.90. The number of unbranched alkanes of at least 4 members (excludes halogenated alkanes) is 12. The summed E-state index contributed by atoms with van der Waals surface area (Å²) in [4.78, 5) is 43.2. The van der Waals surface area contributed by atoms with E-state index in [1.165, 1.54) is 64.7 Å². The van der Waals surface area contributed by atoms with Crippen molar-refractivity contribution in [2.75, 3.05) is 20.0 Å². The van der Waals surface area contributed by atoms with E-state index in [9.17, 15) is 23.9 Å². The standard InChI is InChI=1S/C20H41O8P.C9H6OS.2Na.3H2/c1-2-3-4-5-6-7-8-9-10-11-12-13-14-15-20(22)28-19(16-26-18-21)17-27-29(23,24)25;1-3-4-5-6-7-8-11-9(2)10;;;;;/h19,21H,2-18H2,1H3,(H2,23,24,25);1-2H3;;;3*1H/q;;2*+1;;;/p-2/t19-;;;;;;/m0....../s1. The maximum absolute atomic E-state index is 11.8. The van der Waals surface area contributed by atoms with Crippen molar-refractivity contribution in [1.29, 1.82) is 0 Å². The molecule has 0 aromatic carbocycles. The number of esters is 1. The molecule has 0 saturated carbocycles. The van der Waals surface area contributed by atoms with Crippen LogP contribution >= 0.6 is 19.6 Å². The van der Waals surface area contributed by atoms with Gasteiger partial charge in [0.1, 0.15) is 12.9 Å². The zero-order valence-electron chi connectivity index (χ0n) is 26.2. The molecule has 9 nitrogen and oxygen atoms in total. The van der Waals surface area contributed by atoms with E-state index in [4.69, 9.17) is 9.84 Å². The molecule has 0 radical (unpaired) electrons. The van der Waals surface area contributed by atoms with Gasteiger partial charge in [-0.3, -0.25) is 9.59 Å². The number of hydrogen-bond acceptors (Lipinski definition) is 10. The Balaban J connectivity index is -0.000000155. The molecule has 0 rings (SSSR count). The van der Waals surface area contributed by atoms with Gasteiger partial charge in [-0.25, -0.2) is 0 Å². The van der Waals surface area contributed by atoms with Crippen molar-refractivity contribution >= 4 is 30.7 Å². The van der Waals surface area contributed by atoms with Crippen LogP contribution in [0.3, 0.4) is 0 Å². The summed E-state index contributed by atoms with van der Waals surface area (Å²) in [5.74, 6) is 12.1. The fraction of sp³-hybridized carbons (Fsp3) is 0.724. The number of aliphatic hydroxyl groups excluding tert-OH is 1. The van der Waals surface area contributed by atoms with Crippen molar-refractivity contribution in [3.05, 3.63) is 0 Å². The molecule has 0 heterocycles. The van der Waals surface area contributed by atoms with E-state index in [-0.39, 0.29) is 81.5 Å². The molecule has 0 aliphatic rings. The Morgan fingerprint density at radius 2 is 1.36 bits per heavy atom. The molecule has 0 spiro atoms. The monoisotopic (exact) mass is 652 g/mol. The minimum atomic E-state index is -5.16. The van der Waals surface area contributed by atoms with Crippen LogP contribution in [0.5, 0.6) is 0 Å². The van der Waals surface area contributed by atoms with Gasteiger partial charge in [-0.05, 0) is 42.3 Å². The first-order valence-corrected chi connectivity index (χ1v) is 16.1. The summed E-state index contributed by atoms with van der Waals surface area (Å²) in [6.07, 6.45) is 14.8. The van der Waals surface area contributed by atoms with Crippen LogP contribution in [-0.4, -0.2) is 42.3 Å². The van der Waals surface area contributed by atoms with Crippen LogP contribution < -0.4 is 68.9 Å². The molecule has 0 fully saturated rings. The smallest absolute Gasteiger partial charge is 0.790 e. The Morgan fingerprint density at radius 1 is 0.857 bits per heavy atom. The number of rotatable bonds is 21. The minimum absolute atomic E-state index is 0. The molecule has 234 valence electrons. The van der Waals surface area contributed by atoms with Crippen LogP contribution in [0.4, 0.5) is 0 Å². The maximum Gasteiger partial charge on any atom is 1.00 e. The zero-order valence-corrected chi connectivity index (χ0v) is 31.9. The second-order valence-corrected chi connectivity index (χ2v) is 10.9. The van der Waals surface area contributed by atoms with Crippen LogP contribution in [-0.2, 0) is 28.2 Å². The number of phosphoric acid groups is 1. The summed E-state index contributed by atoms with van der Waals surface area (Å²) in [6.45, 7) is 3.91. The van der Waals surface area contributed by atoms with Crippen molar-refractivity contribution in [3.8, 4) is 34.9 Å². The first-order chi connectivity index (χ1) is 19.2. The van der Waals surface area contributed by atoms with Crippen molar-refractivity contribution in [2.45, 2.75) is 117 Å². The van der Waals surface area contributed by atoms with E-state index in [0.29, 0.717) is 6.42 Å². The Bertz CT molecular complexity index is 912. The molecule has 1 N–H and O–H groups in total. The van der Waals surface area contributed by atoms with Crippen LogP contribution in [0.2, 0.25) is 0 Å². The van der Waals surface area contributed by atoms with Crippen LogP contribution in [0.25, 0.3) is 0 Å². The van der Waals surface area contributed by atoms with Gasteiger partial charge in [-0.1, -0.05) is 89.9 Å². The summed E-state index contributed by atoms with van der Waals surface area (Å²) in [5.41, 5.74) is 0. The fourth-order valence-electron chi connectivity index (χ4n) is 3.25. The average molecular weight is 653 g/mol. The maximum atomic E-state index is 11.8. The van der Waals surface area contributed by atoms with Crippen molar-refractivity contribution in [1.82, 2.24) is 0 Å². The number of hydrogen-bond donors (Lipinski definition) is 1. The van der Waals surface area contributed by atoms with Crippen molar-refractivity contribution in [3.63, 3.8) is 0 Å². The van der Waals surface area contributed by atoms with E-state index in [1.54, 1.807) is 6.92 Å². The van der Waals surface area contributed by atoms with E-state index in [2.05, 4.69) is 51.0 Å². The predicted molar refractivity (Wildman–Crippen MR) is 160 cm³/mol. The molecule has 0 aromatic heterocycles. The van der Waals surface area contributed by atoms with Crippen LogP contribution in [0, 0.1) is 34.9 Å². The van der Waals surface area contributed by atoms with Crippen LogP contribution in [0.1, 0.15) is 115 Å². The summed E-state index contributed by atoms with van der Waals surface area (Å²) in [7, 11) is -5.16. The Labute approximate surface area is 306 Å². The van der Waals surface area contributed by atoms with Gasteiger partial charge in [0.15, 0.2) is 5.12 Å². The summed E-state index contributed by atoms with van der Waals surface area (Å²) in [6, 6.07) is 0. The summed E-state index contributed by atoms with van der Waals surface area (Å²) >= 11 is 0.939. The number of thioether (sulfide) groups is 1. The minimum Gasteiger partial charge on any atom is -0.790 e. The molecule has 0 unspecified atom stereocenters. The normalized spacial score (nSPS) is 10.3. The molecule has 1 atom stereocenters. The van der Waals surface area contributed by atoms with Gasteiger partial charge in [0.25, 0.3) is 0 Å². The first kappa shape index (κ1) is 49.1. The van der Waals surface area contributed by atoms with Gasteiger partial charge in [0, 0.05) is 29.4 Å². The fourth-order valence-corrected chi connectivity index (χ4v) is 3.85. The van der Waals surface area contributed by atoms with E-state index in [1.807, 2.05) is 0 Å². The Kier molecular flexibility index (Phi) is 43.7. The summed E-state index contributed by atoms with van der Waals surface area (Å²) in [5, 5.41) is 11.1. The van der Waals surface area contributed by atoms with E-state index < -0.39 is 33.3 Å². The van der Waals surface area contributed by atoms with Gasteiger partial charge < -0.3 is 33.5 Å². The SMILES string of the molecule is CC#CC#CC#CSC(C)=O.CCCCCCCCCCCCCCCC(=O)O[C@@H](COCO)COP(=O)([O-])[O-].[HH].[HH].[HH].[Na+].[Na+]. The van der Waals surface area contributed by atoms with Crippen LogP contribution in [0.15, 0.2) is 0 Å². The number of carbonyl (C=O) groups is 2.